The normalized spacial score (nSPS) is 9.08. The van der Waals surface area contributed by atoms with Crippen LogP contribution in [0, 0.1) is 0 Å². The Balaban J connectivity index is 2.69. The van der Waals surface area contributed by atoms with Gasteiger partial charge < -0.3 is 10.5 Å². The highest BCUT2D eigenvalue weighted by atomic mass is 16.5. The summed E-state index contributed by atoms with van der Waals surface area (Å²) in [6, 6.07) is 7.03. The van der Waals surface area contributed by atoms with Gasteiger partial charge in [0.05, 0.1) is 7.11 Å². The van der Waals surface area contributed by atoms with Gasteiger partial charge in [0.25, 0.3) is 13.1 Å². The van der Waals surface area contributed by atoms with Crippen LogP contribution >= 0.6 is 0 Å². The van der Waals surface area contributed by atoms with E-state index in [1.165, 1.54) is 14.4 Å². The second-order valence-corrected chi connectivity index (χ2v) is 2.34. The van der Waals surface area contributed by atoms with Crippen LogP contribution in [-0.2, 0) is 4.74 Å². The third-order valence-electron chi connectivity index (χ3n) is 1.40. The molecule has 1 radical (unpaired) electrons. The third-order valence-corrected chi connectivity index (χ3v) is 1.40. The van der Waals surface area contributed by atoms with Crippen molar-refractivity contribution in [3.63, 3.8) is 0 Å². The number of ether oxygens (including phenoxy) is 1. The van der Waals surface area contributed by atoms with Crippen LogP contribution in [-0.4, -0.2) is 20.3 Å². The third kappa shape index (κ3) is 2.30. The van der Waals surface area contributed by atoms with E-state index in [9.17, 15) is 4.79 Å². The van der Waals surface area contributed by atoms with Crippen LogP contribution in [0.25, 0.3) is 0 Å². The molecule has 0 heterocycles. The fourth-order valence-corrected chi connectivity index (χ4v) is 0.844. The minimum atomic E-state index is -0.374. The van der Waals surface area contributed by atoms with E-state index in [1.807, 2.05) is 0 Å². The largest absolute Gasteiger partial charge is 0.477 e. The maximum atomic E-state index is 10.8. The second-order valence-electron chi connectivity index (χ2n) is 2.34. The molecular formula is C8H9BNO2. The van der Waals surface area contributed by atoms with Crippen molar-refractivity contribution in [2.75, 3.05) is 12.8 Å². The van der Waals surface area contributed by atoms with Gasteiger partial charge in [-0.3, -0.25) is 4.79 Å². The molecule has 61 valence electrons. The molecule has 0 saturated heterocycles. The molecule has 0 aliphatic carbocycles. The molecule has 1 aromatic carbocycles. The van der Waals surface area contributed by atoms with Crippen LogP contribution in [0.1, 0.15) is 0 Å². The summed E-state index contributed by atoms with van der Waals surface area (Å²) in [6.45, 7) is 0. The molecular weight excluding hydrogens is 153 g/mol. The zero-order chi connectivity index (χ0) is 8.97. The van der Waals surface area contributed by atoms with Gasteiger partial charge in [-0.25, -0.2) is 0 Å². The highest BCUT2D eigenvalue weighted by Gasteiger charge is 2.05. The van der Waals surface area contributed by atoms with Crippen LogP contribution in [0.3, 0.4) is 0 Å². The quantitative estimate of drug-likeness (QED) is 0.504. The molecule has 0 aliphatic rings. The number of carbonyl (C=O) groups excluding carboxylic acids is 1. The molecule has 1 aromatic rings. The number of carbonyl (C=O) groups is 1. The number of anilines is 1. The maximum absolute atomic E-state index is 10.8. The molecule has 4 heteroatoms. The standard InChI is InChI=1S/C8H9BNO2/c1-12-8(11)9-6-3-2-4-7(10)5-6/h2-5H,10H2,1H3. The Morgan fingerprint density at radius 1 is 1.58 bits per heavy atom. The monoisotopic (exact) mass is 162 g/mol. The SMILES string of the molecule is COC(=O)[B]c1cccc(N)c1. The number of methoxy groups -OCH3 is 1. The lowest BCUT2D eigenvalue weighted by molar-refractivity contribution is 0.198. The van der Waals surface area contributed by atoms with Crippen molar-refractivity contribution in [1.29, 1.82) is 0 Å². The highest BCUT2D eigenvalue weighted by molar-refractivity contribution is 6.82. The molecule has 0 spiro atoms. The van der Waals surface area contributed by atoms with Crippen LogP contribution in [0.2, 0.25) is 0 Å². The molecule has 0 saturated carbocycles. The number of hydrogen-bond acceptors (Lipinski definition) is 3. The summed E-state index contributed by atoms with van der Waals surface area (Å²) in [6.07, 6.45) is 0. The Morgan fingerprint density at radius 2 is 2.33 bits per heavy atom. The number of rotatable bonds is 2. The first-order valence-electron chi connectivity index (χ1n) is 3.50. The number of nitrogen functional groups attached to an aromatic ring is 1. The first kappa shape index (κ1) is 8.65. The first-order chi connectivity index (χ1) is 5.72. The molecule has 12 heavy (non-hydrogen) atoms. The van der Waals surface area contributed by atoms with Gasteiger partial charge in [0.15, 0.2) is 0 Å². The molecule has 0 atom stereocenters. The van der Waals surface area contributed by atoms with Gasteiger partial charge in [0.1, 0.15) is 0 Å². The lowest BCUT2D eigenvalue weighted by atomic mass is 9.70. The van der Waals surface area contributed by atoms with Crippen molar-refractivity contribution in [2.24, 2.45) is 0 Å². The molecule has 0 aliphatic heterocycles. The Kier molecular flexibility index (Phi) is 2.74. The Morgan fingerprint density at radius 3 is 2.92 bits per heavy atom. The summed E-state index contributed by atoms with van der Waals surface area (Å²) < 4.78 is 4.46. The summed E-state index contributed by atoms with van der Waals surface area (Å²) in [5.41, 5.74) is 6.89. The van der Waals surface area contributed by atoms with Crippen molar-refractivity contribution < 1.29 is 9.53 Å². The summed E-state index contributed by atoms with van der Waals surface area (Å²) in [5, 5.41) is 0. The summed E-state index contributed by atoms with van der Waals surface area (Å²) in [7, 11) is 2.72. The van der Waals surface area contributed by atoms with E-state index in [1.54, 1.807) is 24.3 Å². The van der Waals surface area contributed by atoms with Crippen LogP contribution < -0.4 is 11.2 Å². The molecule has 2 N–H and O–H groups in total. The first-order valence-corrected chi connectivity index (χ1v) is 3.50. The zero-order valence-corrected chi connectivity index (χ0v) is 6.78. The van der Waals surface area contributed by atoms with Crippen molar-refractivity contribution >= 4 is 24.3 Å². The fraction of sp³-hybridized carbons (Fsp3) is 0.125. The summed E-state index contributed by atoms with van der Waals surface area (Å²) in [5.74, 6) is -0.374. The van der Waals surface area contributed by atoms with Crippen molar-refractivity contribution in [3.8, 4) is 0 Å². The Bertz CT molecular complexity index is 288. The minimum Gasteiger partial charge on any atom is -0.477 e. The van der Waals surface area contributed by atoms with E-state index in [4.69, 9.17) is 5.73 Å². The highest BCUT2D eigenvalue weighted by Crippen LogP contribution is 1.95. The average Bonchev–Trinajstić information content (AvgIpc) is 2.04. The van der Waals surface area contributed by atoms with Crippen LogP contribution in [0.15, 0.2) is 24.3 Å². The van der Waals surface area contributed by atoms with E-state index in [-0.39, 0.29) is 5.87 Å². The van der Waals surface area contributed by atoms with Gasteiger partial charge in [0, 0.05) is 5.69 Å². The van der Waals surface area contributed by atoms with Crippen LogP contribution in [0.4, 0.5) is 10.5 Å². The van der Waals surface area contributed by atoms with Gasteiger partial charge in [0.2, 0.25) is 0 Å². The number of hydrogen-bond donors (Lipinski definition) is 1. The smallest absolute Gasteiger partial charge is 0.299 e. The average molecular weight is 162 g/mol. The summed E-state index contributed by atoms with van der Waals surface area (Å²) in [4.78, 5) is 10.8. The maximum Gasteiger partial charge on any atom is 0.299 e. The van der Waals surface area contributed by atoms with Crippen molar-refractivity contribution in [1.82, 2.24) is 0 Å². The lowest BCUT2D eigenvalue weighted by Gasteiger charge is -1.98. The molecule has 0 fully saturated rings. The zero-order valence-electron chi connectivity index (χ0n) is 6.78. The molecule has 0 aromatic heterocycles. The fourth-order valence-electron chi connectivity index (χ4n) is 0.844. The van der Waals surface area contributed by atoms with Crippen molar-refractivity contribution in [3.05, 3.63) is 24.3 Å². The number of nitrogens with two attached hydrogens (primary N) is 1. The predicted octanol–water partition coefficient (Wildman–Crippen LogP) is 0.365. The van der Waals surface area contributed by atoms with E-state index < -0.39 is 0 Å². The van der Waals surface area contributed by atoms with Gasteiger partial charge >= 0.3 is 0 Å². The lowest BCUT2D eigenvalue weighted by Crippen LogP contribution is -2.23. The summed E-state index contributed by atoms with van der Waals surface area (Å²) >= 11 is 0. The van der Waals surface area contributed by atoms with E-state index in [2.05, 4.69) is 4.74 Å². The number of benzene rings is 1. The molecule has 0 unspecified atom stereocenters. The van der Waals surface area contributed by atoms with E-state index in [0.29, 0.717) is 5.69 Å². The molecule has 0 bridgehead atoms. The van der Waals surface area contributed by atoms with Gasteiger partial charge in [-0.15, -0.1) is 0 Å². The van der Waals surface area contributed by atoms with Gasteiger partial charge in [-0.1, -0.05) is 17.6 Å². The Labute approximate surface area is 71.8 Å². The molecule has 0 amide bonds. The molecule has 1 rings (SSSR count). The van der Waals surface area contributed by atoms with Gasteiger partial charge in [-0.05, 0) is 12.1 Å². The van der Waals surface area contributed by atoms with Crippen LogP contribution in [0.5, 0.6) is 0 Å². The van der Waals surface area contributed by atoms with Gasteiger partial charge in [-0.2, -0.15) is 0 Å². The second kappa shape index (κ2) is 3.81. The predicted molar refractivity (Wildman–Crippen MR) is 48.6 cm³/mol. The topological polar surface area (TPSA) is 52.3 Å². The van der Waals surface area contributed by atoms with E-state index in [0.717, 1.165) is 5.46 Å². The minimum absolute atomic E-state index is 0.374. The Hall–Kier alpha value is -1.45. The van der Waals surface area contributed by atoms with Crippen molar-refractivity contribution in [2.45, 2.75) is 0 Å². The molecule has 3 nitrogen and oxygen atoms in total. The van der Waals surface area contributed by atoms with E-state index >= 15 is 0 Å².